The van der Waals surface area contributed by atoms with Crippen molar-refractivity contribution >= 4 is 28.2 Å². The first-order valence-corrected chi connectivity index (χ1v) is 4.67. The Morgan fingerprint density at radius 2 is 2.21 bits per heavy atom. The maximum atomic E-state index is 10.6. The molecule has 0 unspecified atom stereocenters. The summed E-state index contributed by atoms with van der Waals surface area (Å²) in [5.74, 6) is -0.984. The molecular formula is C8H12N2O3S. The van der Waals surface area contributed by atoms with Gasteiger partial charge >= 0.3 is 0 Å². The smallest absolute Gasteiger partial charge is 0.300 e. The monoisotopic (exact) mass is 216 g/mol. The third-order valence-electron chi connectivity index (χ3n) is 0.969. The largest absolute Gasteiger partial charge is 0.481 e. The average molecular weight is 216 g/mol. The topological polar surface area (TPSA) is 92.4 Å². The molecule has 1 amide bonds. The van der Waals surface area contributed by atoms with Gasteiger partial charge in [0.15, 0.2) is 0 Å². The van der Waals surface area contributed by atoms with Gasteiger partial charge in [0.05, 0.1) is 11.5 Å². The maximum Gasteiger partial charge on any atom is 0.300 e. The van der Waals surface area contributed by atoms with E-state index in [0.717, 1.165) is 11.9 Å². The summed E-state index contributed by atoms with van der Waals surface area (Å²) < 4.78 is 0. The summed E-state index contributed by atoms with van der Waals surface area (Å²) in [6.45, 7) is 1.12. The van der Waals surface area contributed by atoms with Crippen LogP contribution in [0.25, 0.3) is 0 Å². The van der Waals surface area contributed by atoms with E-state index in [9.17, 15) is 4.79 Å². The number of anilines is 1. The van der Waals surface area contributed by atoms with E-state index in [4.69, 9.17) is 15.6 Å². The molecule has 1 heterocycles. The van der Waals surface area contributed by atoms with E-state index in [-0.39, 0.29) is 12.5 Å². The lowest BCUT2D eigenvalue weighted by atomic mass is 10.5. The normalized spacial score (nSPS) is 8.43. The summed E-state index contributed by atoms with van der Waals surface area (Å²) in [6, 6.07) is 3.70. The first-order valence-electron chi connectivity index (χ1n) is 3.79. The Kier molecular flexibility index (Phi) is 6.34. The zero-order valence-electron chi connectivity index (χ0n) is 7.69. The molecule has 0 aliphatic heterocycles. The fourth-order valence-corrected chi connectivity index (χ4v) is 1.17. The quantitative estimate of drug-likeness (QED) is 0.679. The Morgan fingerprint density at radius 1 is 1.64 bits per heavy atom. The highest BCUT2D eigenvalue weighted by Crippen LogP contribution is 2.13. The van der Waals surface area contributed by atoms with Crippen molar-refractivity contribution in [3.63, 3.8) is 0 Å². The Morgan fingerprint density at radius 3 is 2.57 bits per heavy atom. The second kappa shape index (κ2) is 7.05. The van der Waals surface area contributed by atoms with Crippen LogP contribution in [0.1, 0.15) is 6.92 Å². The Bertz CT molecular complexity index is 281. The summed E-state index contributed by atoms with van der Waals surface area (Å²) in [6.07, 6.45) is 0. The van der Waals surface area contributed by atoms with Crippen LogP contribution >= 0.6 is 11.3 Å². The van der Waals surface area contributed by atoms with Gasteiger partial charge in [-0.2, -0.15) is 0 Å². The molecule has 1 aromatic rings. The fraction of sp³-hybridized carbons (Fsp3) is 0.250. The van der Waals surface area contributed by atoms with Crippen LogP contribution in [0.3, 0.4) is 0 Å². The van der Waals surface area contributed by atoms with Crippen molar-refractivity contribution in [1.29, 1.82) is 0 Å². The number of carboxylic acid groups (broad SMARTS) is 1. The number of nitrogens with two attached hydrogens (primary N) is 1. The van der Waals surface area contributed by atoms with Gasteiger partial charge in [0.25, 0.3) is 5.97 Å². The van der Waals surface area contributed by atoms with E-state index in [1.165, 1.54) is 11.3 Å². The van der Waals surface area contributed by atoms with E-state index in [2.05, 4.69) is 5.32 Å². The van der Waals surface area contributed by atoms with Crippen LogP contribution in [-0.2, 0) is 9.59 Å². The molecule has 0 radical (unpaired) electrons. The molecule has 0 saturated heterocycles. The minimum Gasteiger partial charge on any atom is -0.481 e. The molecule has 4 N–H and O–H groups in total. The second-order valence-electron chi connectivity index (χ2n) is 2.25. The molecule has 0 atom stereocenters. The molecule has 0 aromatic carbocycles. The van der Waals surface area contributed by atoms with Gasteiger partial charge in [-0.1, -0.05) is 0 Å². The third kappa shape index (κ3) is 7.26. The Hall–Kier alpha value is -1.40. The lowest BCUT2D eigenvalue weighted by Crippen LogP contribution is -2.21. The van der Waals surface area contributed by atoms with Crippen LogP contribution in [0, 0.1) is 0 Å². The van der Waals surface area contributed by atoms with Crippen LogP contribution < -0.4 is 11.1 Å². The van der Waals surface area contributed by atoms with Gasteiger partial charge in [0, 0.05) is 6.92 Å². The number of rotatable bonds is 2. The van der Waals surface area contributed by atoms with Crippen LogP contribution in [-0.4, -0.2) is 23.5 Å². The number of aliphatic carboxylic acids is 1. The molecule has 0 aliphatic carbocycles. The summed E-state index contributed by atoms with van der Waals surface area (Å²) in [5, 5.41) is 12.8. The molecule has 0 spiro atoms. The number of hydrogen-bond donors (Lipinski definition) is 3. The number of hydrogen-bond acceptors (Lipinski definition) is 4. The zero-order chi connectivity index (χ0) is 11.0. The highest BCUT2D eigenvalue weighted by molar-refractivity contribution is 7.14. The van der Waals surface area contributed by atoms with Gasteiger partial charge in [0.1, 0.15) is 0 Å². The molecule has 1 aromatic heterocycles. The summed E-state index contributed by atoms with van der Waals surface area (Å²) >= 11 is 1.48. The lowest BCUT2D eigenvalue weighted by molar-refractivity contribution is -0.134. The predicted octanol–water partition coefficient (Wildman–Crippen LogP) is 0.736. The Balaban J connectivity index is 0.000000364. The number of carbonyl (C=O) groups is 2. The predicted molar refractivity (Wildman–Crippen MR) is 55.3 cm³/mol. The van der Waals surface area contributed by atoms with Gasteiger partial charge in [-0.05, 0) is 17.5 Å². The van der Waals surface area contributed by atoms with Crippen molar-refractivity contribution in [2.45, 2.75) is 6.92 Å². The van der Waals surface area contributed by atoms with Crippen molar-refractivity contribution in [1.82, 2.24) is 0 Å². The molecular weight excluding hydrogens is 204 g/mol. The highest BCUT2D eigenvalue weighted by Gasteiger charge is 1.97. The van der Waals surface area contributed by atoms with E-state index in [0.29, 0.717) is 0 Å². The van der Waals surface area contributed by atoms with Crippen molar-refractivity contribution in [2.75, 3.05) is 11.9 Å². The summed E-state index contributed by atoms with van der Waals surface area (Å²) in [4.78, 5) is 19.6. The molecule has 0 aliphatic rings. The molecule has 5 nitrogen and oxygen atoms in total. The Labute approximate surface area is 85.5 Å². The zero-order valence-corrected chi connectivity index (χ0v) is 8.50. The SMILES string of the molecule is CC(=O)O.NCC(=O)Nc1cccs1. The number of carbonyl (C=O) groups excluding carboxylic acids is 1. The van der Waals surface area contributed by atoms with Crippen LogP contribution in [0.4, 0.5) is 5.00 Å². The van der Waals surface area contributed by atoms with Crippen molar-refractivity contribution < 1.29 is 14.7 Å². The van der Waals surface area contributed by atoms with E-state index in [1.807, 2.05) is 17.5 Å². The molecule has 6 heteroatoms. The van der Waals surface area contributed by atoms with Gasteiger partial charge in [-0.15, -0.1) is 11.3 Å². The van der Waals surface area contributed by atoms with E-state index in [1.54, 1.807) is 0 Å². The van der Waals surface area contributed by atoms with Gasteiger partial charge in [-0.25, -0.2) is 0 Å². The standard InChI is InChI=1S/C6H8N2OS.C2H4O2/c7-4-5(9)8-6-2-1-3-10-6;1-2(3)4/h1-3H,4,7H2,(H,8,9);1H3,(H,3,4). The summed E-state index contributed by atoms with van der Waals surface area (Å²) in [7, 11) is 0. The molecule has 14 heavy (non-hydrogen) atoms. The fourth-order valence-electron chi connectivity index (χ4n) is 0.538. The van der Waals surface area contributed by atoms with Crippen LogP contribution in [0.5, 0.6) is 0 Å². The average Bonchev–Trinajstić information content (AvgIpc) is 2.55. The lowest BCUT2D eigenvalue weighted by Gasteiger charge is -1.96. The van der Waals surface area contributed by atoms with Crippen molar-refractivity contribution in [3.05, 3.63) is 17.5 Å². The van der Waals surface area contributed by atoms with Crippen LogP contribution in [0.15, 0.2) is 17.5 Å². The van der Waals surface area contributed by atoms with Gasteiger partial charge in [0.2, 0.25) is 5.91 Å². The van der Waals surface area contributed by atoms with Gasteiger partial charge < -0.3 is 16.2 Å². The molecule has 0 fully saturated rings. The van der Waals surface area contributed by atoms with Gasteiger partial charge in [-0.3, -0.25) is 9.59 Å². The number of carboxylic acids is 1. The first kappa shape index (κ1) is 12.6. The first-order chi connectivity index (χ1) is 6.56. The van der Waals surface area contributed by atoms with E-state index >= 15 is 0 Å². The molecule has 0 bridgehead atoms. The molecule has 0 saturated carbocycles. The number of amides is 1. The van der Waals surface area contributed by atoms with E-state index < -0.39 is 5.97 Å². The number of nitrogens with one attached hydrogen (secondary N) is 1. The minimum atomic E-state index is -0.833. The second-order valence-corrected chi connectivity index (χ2v) is 3.20. The molecule has 1 rings (SSSR count). The summed E-state index contributed by atoms with van der Waals surface area (Å²) in [5.41, 5.74) is 5.08. The number of thiophene rings is 1. The molecule has 78 valence electrons. The maximum absolute atomic E-state index is 10.6. The minimum absolute atomic E-state index is 0.0396. The van der Waals surface area contributed by atoms with Crippen molar-refractivity contribution in [3.8, 4) is 0 Å². The third-order valence-corrected chi connectivity index (χ3v) is 1.75. The highest BCUT2D eigenvalue weighted by atomic mass is 32.1. The van der Waals surface area contributed by atoms with Crippen molar-refractivity contribution in [2.24, 2.45) is 5.73 Å². The van der Waals surface area contributed by atoms with Crippen LogP contribution in [0.2, 0.25) is 0 Å².